The van der Waals surface area contributed by atoms with Crippen molar-refractivity contribution in [3.8, 4) is 0 Å². The summed E-state index contributed by atoms with van der Waals surface area (Å²) in [6.07, 6.45) is 0.252. The van der Waals surface area contributed by atoms with E-state index in [1.807, 2.05) is 49.4 Å². The summed E-state index contributed by atoms with van der Waals surface area (Å²) in [7, 11) is -3.59. The molecule has 1 unspecified atom stereocenters. The van der Waals surface area contributed by atoms with Gasteiger partial charge in [0.1, 0.15) is 0 Å². The van der Waals surface area contributed by atoms with Gasteiger partial charge in [-0.1, -0.05) is 60.2 Å². The SMILES string of the molecule is Cc1ccc(S(=O)(=O)Nc2ccc(CCNCC(O)c3ccccc3)cc2)cc1. The van der Waals surface area contributed by atoms with Gasteiger partial charge >= 0.3 is 0 Å². The van der Waals surface area contributed by atoms with E-state index >= 15 is 0 Å². The van der Waals surface area contributed by atoms with Gasteiger partial charge in [0.25, 0.3) is 10.0 Å². The number of hydrogen-bond acceptors (Lipinski definition) is 4. The zero-order chi connectivity index (χ0) is 20.7. The van der Waals surface area contributed by atoms with Crippen molar-refractivity contribution in [3.63, 3.8) is 0 Å². The predicted octanol–water partition coefficient (Wildman–Crippen LogP) is 3.66. The number of aliphatic hydroxyl groups excluding tert-OH is 1. The van der Waals surface area contributed by atoms with Crippen molar-refractivity contribution in [2.24, 2.45) is 0 Å². The first-order valence-corrected chi connectivity index (χ1v) is 11.0. The maximum absolute atomic E-state index is 12.4. The van der Waals surface area contributed by atoms with E-state index in [9.17, 15) is 13.5 Å². The number of benzene rings is 3. The lowest BCUT2D eigenvalue weighted by atomic mass is 10.1. The van der Waals surface area contributed by atoms with Crippen LogP contribution in [0.25, 0.3) is 0 Å². The normalized spacial score (nSPS) is 12.5. The van der Waals surface area contributed by atoms with Crippen LogP contribution >= 0.6 is 0 Å². The second-order valence-corrected chi connectivity index (χ2v) is 8.68. The summed E-state index contributed by atoms with van der Waals surface area (Å²) in [5.41, 5.74) is 3.52. The summed E-state index contributed by atoms with van der Waals surface area (Å²) in [4.78, 5) is 0.244. The fourth-order valence-electron chi connectivity index (χ4n) is 2.94. The number of sulfonamides is 1. The highest BCUT2D eigenvalue weighted by molar-refractivity contribution is 7.92. The van der Waals surface area contributed by atoms with Crippen LogP contribution in [0.15, 0.2) is 83.8 Å². The zero-order valence-corrected chi connectivity index (χ0v) is 17.2. The summed E-state index contributed by atoms with van der Waals surface area (Å²) >= 11 is 0. The molecule has 0 heterocycles. The average Bonchev–Trinajstić information content (AvgIpc) is 2.73. The second-order valence-electron chi connectivity index (χ2n) is 7.00. The smallest absolute Gasteiger partial charge is 0.261 e. The molecule has 5 nitrogen and oxygen atoms in total. The topological polar surface area (TPSA) is 78.4 Å². The highest BCUT2D eigenvalue weighted by Gasteiger charge is 2.13. The molecule has 0 aliphatic carbocycles. The lowest BCUT2D eigenvalue weighted by Crippen LogP contribution is -2.23. The second kappa shape index (κ2) is 9.69. The van der Waals surface area contributed by atoms with Crippen LogP contribution in [-0.4, -0.2) is 26.6 Å². The van der Waals surface area contributed by atoms with Crippen LogP contribution < -0.4 is 10.0 Å². The Morgan fingerprint density at radius 3 is 2.21 bits per heavy atom. The average molecular weight is 411 g/mol. The highest BCUT2D eigenvalue weighted by atomic mass is 32.2. The molecule has 0 saturated carbocycles. The number of hydrogen-bond donors (Lipinski definition) is 3. The van der Waals surface area contributed by atoms with Crippen LogP contribution in [0, 0.1) is 6.92 Å². The fourth-order valence-corrected chi connectivity index (χ4v) is 3.99. The predicted molar refractivity (Wildman–Crippen MR) is 116 cm³/mol. The molecular formula is C23H26N2O3S. The molecule has 0 aliphatic heterocycles. The Balaban J connectivity index is 1.48. The Bertz CT molecular complexity index is 1000. The maximum atomic E-state index is 12.4. The number of aliphatic hydroxyl groups is 1. The monoisotopic (exact) mass is 410 g/mol. The molecule has 0 bridgehead atoms. The van der Waals surface area contributed by atoms with Gasteiger partial charge in [0.05, 0.1) is 11.0 Å². The molecule has 6 heteroatoms. The summed E-state index contributed by atoms with van der Waals surface area (Å²) in [6, 6.07) is 23.6. The van der Waals surface area contributed by atoms with E-state index in [0.717, 1.165) is 29.7 Å². The number of rotatable bonds is 9. The number of nitrogens with one attached hydrogen (secondary N) is 2. The number of anilines is 1. The molecular weight excluding hydrogens is 384 g/mol. The van der Waals surface area contributed by atoms with Gasteiger partial charge in [-0.2, -0.15) is 0 Å². The molecule has 0 amide bonds. The maximum Gasteiger partial charge on any atom is 0.261 e. The summed E-state index contributed by atoms with van der Waals surface area (Å²) in [5.74, 6) is 0. The summed E-state index contributed by atoms with van der Waals surface area (Å²) < 4.78 is 27.5. The van der Waals surface area contributed by atoms with Crippen LogP contribution in [0.2, 0.25) is 0 Å². The molecule has 0 radical (unpaired) electrons. The fraction of sp³-hybridized carbons (Fsp3) is 0.217. The van der Waals surface area contributed by atoms with Crippen molar-refractivity contribution in [2.75, 3.05) is 17.8 Å². The molecule has 0 fully saturated rings. The third-order valence-electron chi connectivity index (χ3n) is 4.65. The molecule has 3 N–H and O–H groups in total. The van der Waals surface area contributed by atoms with Crippen LogP contribution in [0.5, 0.6) is 0 Å². The first kappa shape index (κ1) is 21.0. The standard InChI is InChI=1S/C23H26N2O3S/c1-18-7-13-22(14-8-18)29(27,28)25-21-11-9-19(10-12-21)15-16-24-17-23(26)20-5-3-2-4-6-20/h2-14,23-26H,15-17H2,1H3. The molecule has 0 spiro atoms. The van der Waals surface area contributed by atoms with E-state index < -0.39 is 16.1 Å². The van der Waals surface area contributed by atoms with Crippen LogP contribution in [0.4, 0.5) is 5.69 Å². The molecule has 0 saturated heterocycles. The molecule has 0 aromatic heterocycles. The molecule has 152 valence electrons. The molecule has 0 aliphatic rings. The van der Waals surface area contributed by atoms with Crippen molar-refractivity contribution in [1.82, 2.24) is 5.32 Å². The lowest BCUT2D eigenvalue weighted by molar-refractivity contribution is 0.175. The molecule has 29 heavy (non-hydrogen) atoms. The van der Waals surface area contributed by atoms with Gasteiger partial charge in [0.15, 0.2) is 0 Å². The Morgan fingerprint density at radius 1 is 0.897 bits per heavy atom. The minimum Gasteiger partial charge on any atom is -0.387 e. The van der Waals surface area contributed by atoms with Gasteiger partial charge in [0.2, 0.25) is 0 Å². The Kier molecular flexibility index (Phi) is 7.04. The first-order valence-electron chi connectivity index (χ1n) is 9.56. The van der Waals surface area contributed by atoms with Gasteiger partial charge < -0.3 is 10.4 Å². The molecule has 1 atom stereocenters. The van der Waals surface area contributed by atoms with Crippen molar-refractivity contribution >= 4 is 15.7 Å². The van der Waals surface area contributed by atoms with E-state index in [1.54, 1.807) is 36.4 Å². The quantitative estimate of drug-likeness (QED) is 0.471. The first-order chi connectivity index (χ1) is 13.9. The van der Waals surface area contributed by atoms with E-state index in [0.29, 0.717) is 12.2 Å². The van der Waals surface area contributed by atoms with Gasteiger partial charge in [0, 0.05) is 12.2 Å². The Hall–Kier alpha value is -2.67. The van der Waals surface area contributed by atoms with Crippen molar-refractivity contribution in [3.05, 3.63) is 95.6 Å². The largest absolute Gasteiger partial charge is 0.387 e. The summed E-state index contributed by atoms with van der Waals surface area (Å²) in [6.45, 7) is 3.12. The highest BCUT2D eigenvalue weighted by Crippen LogP contribution is 2.17. The van der Waals surface area contributed by atoms with Crippen LogP contribution in [0.1, 0.15) is 22.8 Å². The molecule has 3 aromatic rings. The molecule has 3 rings (SSSR count). The minimum atomic E-state index is -3.59. The Morgan fingerprint density at radius 2 is 1.55 bits per heavy atom. The van der Waals surface area contributed by atoms with E-state index in [2.05, 4.69) is 10.0 Å². The van der Waals surface area contributed by atoms with Crippen molar-refractivity contribution in [1.29, 1.82) is 0 Å². The van der Waals surface area contributed by atoms with Crippen LogP contribution in [0.3, 0.4) is 0 Å². The summed E-state index contributed by atoms with van der Waals surface area (Å²) in [5, 5.41) is 13.4. The van der Waals surface area contributed by atoms with E-state index in [-0.39, 0.29) is 4.90 Å². The van der Waals surface area contributed by atoms with Crippen molar-refractivity contribution in [2.45, 2.75) is 24.3 Å². The third kappa shape index (κ3) is 6.15. The van der Waals surface area contributed by atoms with Crippen LogP contribution in [-0.2, 0) is 16.4 Å². The Labute approximate surface area is 172 Å². The van der Waals surface area contributed by atoms with Crippen molar-refractivity contribution < 1.29 is 13.5 Å². The van der Waals surface area contributed by atoms with Gasteiger partial charge in [-0.05, 0) is 55.3 Å². The minimum absolute atomic E-state index is 0.244. The zero-order valence-electron chi connectivity index (χ0n) is 16.4. The van der Waals surface area contributed by atoms with Gasteiger partial charge in [-0.15, -0.1) is 0 Å². The number of aryl methyl sites for hydroxylation is 1. The molecule has 3 aromatic carbocycles. The van der Waals surface area contributed by atoms with E-state index in [1.165, 1.54) is 0 Å². The van der Waals surface area contributed by atoms with E-state index in [4.69, 9.17) is 0 Å². The van der Waals surface area contributed by atoms with Gasteiger partial charge in [-0.3, -0.25) is 4.72 Å². The van der Waals surface area contributed by atoms with Gasteiger partial charge in [-0.25, -0.2) is 8.42 Å². The third-order valence-corrected chi connectivity index (χ3v) is 6.05. The lowest BCUT2D eigenvalue weighted by Gasteiger charge is -2.12.